The Bertz CT molecular complexity index is 845. The molecule has 1 saturated heterocycles. The molecule has 21 heavy (non-hydrogen) atoms. The maximum atomic E-state index is 8.40. The SMILES string of the molecule is [2H]c1nc([2H])c(-n2c(Br)nc(B3OC(C)(C)C(C)(C)O3)c2[2H])nc1[2H]. The summed E-state index contributed by atoms with van der Waals surface area (Å²) in [5.74, 6) is -0.0619. The second-order valence-corrected chi connectivity index (χ2v) is 6.39. The maximum absolute atomic E-state index is 8.40. The first-order valence-electron chi connectivity index (χ1n) is 8.37. The Kier molecular flexibility index (Phi) is 2.44. The van der Waals surface area contributed by atoms with E-state index in [9.17, 15) is 0 Å². The molecular weight excluding hydrogens is 335 g/mol. The quantitative estimate of drug-likeness (QED) is 0.768. The number of halogens is 1. The van der Waals surface area contributed by atoms with Crippen LogP contribution in [0, 0.1) is 0 Å². The number of imidazole rings is 1. The minimum Gasteiger partial charge on any atom is -0.398 e. The van der Waals surface area contributed by atoms with E-state index in [0.717, 1.165) is 0 Å². The Balaban J connectivity index is 2.08. The van der Waals surface area contributed by atoms with Gasteiger partial charge >= 0.3 is 7.12 Å². The molecular formula is C13H16BBrN4O2. The van der Waals surface area contributed by atoms with E-state index in [1.54, 1.807) is 0 Å². The predicted octanol–water partition coefficient (Wildman–Crippen LogP) is 1.72. The van der Waals surface area contributed by atoms with Gasteiger partial charge in [0.2, 0.25) is 0 Å². The van der Waals surface area contributed by atoms with Gasteiger partial charge in [0.25, 0.3) is 0 Å². The molecule has 0 aliphatic carbocycles. The zero-order valence-electron chi connectivity index (χ0n) is 16.1. The molecule has 3 rings (SSSR count). The van der Waals surface area contributed by atoms with E-state index in [4.69, 9.17) is 14.8 Å². The topological polar surface area (TPSA) is 62.1 Å². The van der Waals surface area contributed by atoms with Gasteiger partial charge in [0.15, 0.2) is 10.6 Å². The molecule has 0 aromatic carbocycles. The number of hydrogen-bond donors (Lipinski definition) is 0. The summed E-state index contributed by atoms with van der Waals surface area (Å²) in [7, 11) is -0.844. The third-order valence-electron chi connectivity index (χ3n) is 3.74. The fraction of sp³-hybridized carbons (Fsp3) is 0.462. The van der Waals surface area contributed by atoms with Crippen LogP contribution in [0.25, 0.3) is 5.82 Å². The van der Waals surface area contributed by atoms with Crippen molar-refractivity contribution in [2.45, 2.75) is 38.9 Å². The van der Waals surface area contributed by atoms with E-state index in [0.29, 0.717) is 0 Å². The van der Waals surface area contributed by atoms with Crippen molar-refractivity contribution in [3.05, 3.63) is 29.4 Å². The molecule has 0 radical (unpaired) electrons. The summed E-state index contributed by atoms with van der Waals surface area (Å²) >= 11 is 3.25. The van der Waals surface area contributed by atoms with E-state index in [2.05, 4.69) is 30.9 Å². The standard InChI is InChI=1S/C13H16BBrN4O2/c1-12(2)13(3,4)21-14(20-12)9-8-19(11(15)18-9)10-7-16-5-6-17-10/h5-8H,1-4H3/i5D,6D,7D,8D. The van der Waals surface area contributed by atoms with Gasteiger partial charge in [0.1, 0.15) is 0 Å². The fourth-order valence-corrected chi connectivity index (χ4v) is 2.29. The lowest BCUT2D eigenvalue weighted by atomic mass is 9.86. The minimum absolute atomic E-state index is 0.0619. The van der Waals surface area contributed by atoms with Crippen LogP contribution >= 0.6 is 15.9 Å². The van der Waals surface area contributed by atoms with Crippen LogP contribution in [0.2, 0.25) is 0 Å². The normalized spacial score (nSPS) is 22.6. The van der Waals surface area contributed by atoms with Gasteiger partial charge in [-0.3, -0.25) is 9.55 Å². The van der Waals surface area contributed by atoms with Crippen LogP contribution in [0.4, 0.5) is 0 Å². The van der Waals surface area contributed by atoms with Crippen molar-refractivity contribution in [2.24, 2.45) is 0 Å². The minimum atomic E-state index is -0.844. The van der Waals surface area contributed by atoms with Gasteiger partial charge in [-0.2, -0.15) is 0 Å². The third-order valence-corrected chi connectivity index (χ3v) is 4.27. The molecule has 0 atom stereocenters. The summed E-state index contributed by atoms with van der Waals surface area (Å²) in [4.78, 5) is 11.8. The van der Waals surface area contributed by atoms with E-state index in [-0.39, 0.29) is 34.7 Å². The summed E-state index contributed by atoms with van der Waals surface area (Å²) in [5, 5.41) is 0. The molecule has 0 bridgehead atoms. The summed E-state index contributed by atoms with van der Waals surface area (Å²) in [5.41, 5.74) is -0.933. The highest BCUT2D eigenvalue weighted by Gasteiger charge is 2.52. The largest absolute Gasteiger partial charge is 0.516 e. The Morgan fingerprint density at radius 3 is 2.57 bits per heavy atom. The molecule has 1 aliphatic rings. The lowest BCUT2D eigenvalue weighted by Gasteiger charge is -2.32. The van der Waals surface area contributed by atoms with Crippen molar-refractivity contribution in [1.82, 2.24) is 19.5 Å². The van der Waals surface area contributed by atoms with Gasteiger partial charge in [-0.15, -0.1) is 0 Å². The molecule has 0 saturated carbocycles. The van der Waals surface area contributed by atoms with Gasteiger partial charge in [0.05, 0.1) is 28.5 Å². The number of nitrogens with zero attached hydrogens (tertiary/aromatic N) is 4. The van der Waals surface area contributed by atoms with Crippen molar-refractivity contribution < 1.29 is 14.8 Å². The zero-order chi connectivity index (χ0) is 18.7. The third kappa shape index (κ3) is 2.51. The molecule has 1 fully saturated rings. The summed E-state index contributed by atoms with van der Waals surface area (Å²) in [6.45, 7) is 7.59. The van der Waals surface area contributed by atoms with Gasteiger partial charge in [-0.1, -0.05) is 0 Å². The van der Waals surface area contributed by atoms with E-state index < -0.39 is 24.5 Å². The summed E-state index contributed by atoms with van der Waals surface area (Å²) < 4.78 is 44.6. The smallest absolute Gasteiger partial charge is 0.398 e. The Labute approximate surface area is 137 Å². The lowest BCUT2D eigenvalue weighted by molar-refractivity contribution is 0.00578. The van der Waals surface area contributed by atoms with Gasteiger partial charge in [-0.25, -0.2) is 9.97 Å². The van der Waals surface area contributed by atoms with E-state index in [1.165, 1.54) is 4.57 Å². The monoisotopic (exact) mass is 354 g/mol. The number of hydrogen-bond acceptors (Lipinski definition) is 5. The van der Waals surface area contributed by atoms with Crippen molar-refractivity contribution in [3.8, 4) is 5.82 Å². The molecule has 0 unspecified atom stereocenters. The average Bonchev–Trinajstić information content (AvgIpc) is 2.88. The van der Waals surface area contributed by atoms with Crippen molar-refractivity contribution in [3.63, 3.8) is 0 Å². The molecule has 110 valence electrons. The highest BCUT2D eigenvalue weighted by Crippen LogP contribution is 2.36. The summed E-state index contributed by atoms with van der Waals surface area (Å²) in [6, 6.07) is 0. The Morgan fingerprint density at radius 1 is 1.24 bits per heavy atom. The van der Waals surface area contributed by atoms with Crippen LogP contribution < -0.4 is 5.59 Å². The molecule has 1 aliphatic heterocycles. The molecule has 0 spiro atoms. The Morgan fingerprint density at radius 2 is 1.90 bits per heavy atom. The number of aromatic nitrogens is 4. The highest BCUT2D eigenvalue weighted by molar-refractivity contribution is 9.10. The first-order valence-corrected chi connectivity index (χ1v) is 7.16. The molecule has 6 nitrogen and oxygen atoms in total. The van der Waals surface area contributed by atoms with Crippen LogP contribution in [0.1, 0.15) is 33.2 Å². The first kappa shape index (κ1) is 10.5. The van der Waals surface area contributed by atoms with Crippen LogP contribution in [0.15, 0.2) is 29.4 Å². The summed E-state index contributed by atoms with van der Waals surface area (Å²) in [6.07, 6.45) is -1.20. The lowest BCUT2D eigenvalue weighted by Crippen LogP contribution is -2.41. The van der Waals surface area contributed by atoms with Crippen molar-refractivity contribution in [2.75, 3.05) is 0 Å². The Hall–Kier alpha value is -1.25. The molecule has 0 amide bonds. The second kappa shape index (κ2) is 4.89. The van der Waals surface area contributed by atoms with E-state index in [1.807, 2.05) is 27.7 Å². The molecule has 2 aromatic heterocycles. The van der Waals surface area contributed by atoms with Gasteiger partial charge in [-0.05, 0) is 43.6 Å². The highest BCUT2D eigenvalue weighted by atomic mass is 79.9. The molecule has 3 heterocycles. The first-order chi connectivity index (χ1) is 11.4. The average molecular weight is 355 g/mol. The number of rotatable bonds is 2. The van der Waals surface area contributed by atoms with Gasteiger partial charge < -0.3 is 9.31 Å². The molecule has 0 N–H and O–H groups in total. The van der Waals surface area contributed by atoms with E-state index >= 15 is 0 Å². The van der Waals surface area contributed by atoms with Crippen LogP contribution in [-0.2, 0) is 9.31 Å². The fourth-order valence-electron chi connectivity index (χ4n) is 1.84. The zero-order valence-corrected chi connectivity index (χ0v) is 13.6. The van der Waals surface area contributed by atoms with Crippen LogP contribution in [0.5, 0.6) is 0 Å². The second-order valence-electron chi connectivity index (χ2n) is 5.68. The maximum Gasteiger partial charge on any atom is 0.516 e. The molecule has 2 aromatic rings. The van der Waals surface area contributed by atoms with Crippen molar-refractivity contribution in [1.29, 1.82) is 0 Å². The molecule has 8 heteroatoms. The van der Waals surface area contributed by atoms with Crippen LogP contribution in [0.3, 0.4) is 0 Å². The van der Waals surface area contributed by atoms with Crippen LogP contribution in [-0.4, -0.2) is 37.8 Å². The van der Waals surface area contributed by atoms with Gasteiger partial charge in [0, 0.05) is 18.5 Å². The predicted molar refractivity (Wildman–Crippen MR) is 82.6 cm³/mol. The van der Waals surface area contributed by atoms with Crippen molar-refractivity contribution >= 4 is 28.6 Å².